The molecule has 0 atom stereocenters. The Morgan fingerprint density at radius 1 is 1.41 bits per heavy atom. The highest BCUT2D eigenvalue weighted by Crippen LogP contribution is 2.31. The number of H-pyrrole nitrogens is 1. The van der Waals surface area contributed by atoms with E-state index in [0.29, 0.717) is 13.2 Å². The van der Waals surface area contributed by atoms with E-state index in [9.17, 15) is 4.79 Å². The lowest BCUT2D eigenvalue weighted by Gasteiger charge is -2.27. The number of ether oxygens (including phenoxy) is 1. The molecule has 1 aliphatic heterocycles. The largest absolute Gasteiger partial charge is 0.370 e. The molecule has 0 saturated carbocycles. The van der Waals surface area contributed by atoms with Crippen molar-refractivity contribution in [3.63, 3.8) is 0 Å². The summed E-state index contributed by atoms with van der Waals surface area (Å²) in [5.74, 6) is 0.00877. The van der Waals surface area contributed by atoms with E-state index in [1.54, 1.807) is 4.90 Å². The SMILES string of the molecule is O=C1COCCN1c1cccc2c(Br)c[nH]c12. The second kappa shape index (κ2) is 4.16. The van der Waals surface area contributed by atoms with E-state index < -0.39 is 0 Å². The Labute approximate surface area is 107 Å². The number of aromatic nitrogens is 1. The van der Waals surface area contributed by atoms with Gasteiger partial charge in [0, 0.05) is 22.6 Å². The lowest BCUT2D eigenvalue weighted by molar-refractivity contribution is -0.125. The summed E-state index contributed by atoms with van der Waals surface area (Å²) in [6.07, 6.45) is 1.89. The highest BCUT2D eigenvalue weighted by molar-refractivity contribution is 9.10. The molecular weight excluding hydrogens is 284 g/mol. The van der Waals surface area contributed by atoms with Crippen molar-refractivity contribution in [1.82, 2.24) is 4.98 Å². The summed E-state index contributed by atoms with van der Waals surface area (Å²) in [5, 5.41) is 1.08. The van der Waals surface area contributed by atoms with Crippen LogP contribution >= 0.6 is 15.9 Å². The highest BCUT2D eigenvalue weighted by atomic mass is 79.9. The van der Waals surface area contributed by atoms with E-state index in [4.69, 9.17) is 4.74 Å². The number of hydrogen-bond donors (Lipinski definition) is 1. The Balaban J connectivity index is 2.13. The van der Waals surface area contributed by atoms with Crippen LogP contribution in [0.15, 0.2) is 28.9 Å². The third-order valence-corrected chi connectivity index (χ3v) is 3.58. The summed E-state index contributed by atoms with van der Waals surface area (Å²) in [4.78, 5) is 16.8. The number of carbonyl (C=O) groups excluding carboxylic acids is 1. The van der Waals surface area contributed by atoms with Crippen LogP contribution in [0.4, 0.5) is 5.69 Å². The molecule has 1 aromatic heterocycles. The maximum absolute atomic E-state index is 11.8. The lowest BCUT2D eigenvalue weighted by Crippen LogP contribution is -2.41. The molecule has 1 saturated heterocycles. The van der Waals surface area contributed by atoms with Crippen LogP contribution in [0.1, 0.15) is 0 Å². The van der Waals surface area contributed by atoms with Gasteiger partial charge in [-0.2, -0.15) is 0 Å². The number of para-hydroxylation sites is 1. The third kappa shape index (κ3) is 1.75. The zero-order valence-corrected chi connectivity index (χ0v) is 10.7. The Morgan fingerprint density at radius 2 is 2.29 bits per heavy atom. The summed E-state index contributed by atoms with van der Waals surface area (Å²) in [5.41, 5.74) is 1.90. The average Bonchev–Trinajstić information content (AvgIpc) is 2.72. The predicted octanol–water partition coefficient (Wildman–Crippen LogP) is 2.29. The number of carbonyl (C=O) groups is 1. The zero-order valence-electron chi connectivity index (χ0n) is 9.07. The van der Waals surface area contributed by atoms with Crippen LogP contribution in [0, 0.1) is 0 Å². The molecule has 2 heterocycles. The number of nitrogens with one attached hydrogen (secondary N) is 1. The molecule has 3 rings (SSSR count). The topological polar surface area (TPSA) is 45.3 Å². The van der Waals surface area contributed by atoms with Crippen LogP contribution in [-0.2, 0) is 9.53 Å². The molecule has 1 aromatic carbocycles. The molecule has 1 aliphatic rings. The first-order chi connectivity index (χ1) is 8.27. The number of amides is 1. The van der Waals surface area contributed by atoms with Gasteiger partial charge in [0.05, 0.1) is 17.8 Å². The Morgan fingerprint density at radius 3 is 3.12 bits per heavy atom. The Kier molecular flexibility index (Phi) is 2.64. The second-order valence-electron chi connectivity index (χ2n) is 3.93. The molecule has 17 heavy (non-hydrogen) atoms. The minimum Gasteiger partial charge on any atom is -0.370 e. The van der Waals surface area contributed by atoms with Crippen molar-refractivity contribution in [3.05, 3.63) is 28.9 Å². The number of fused-ring (bicyclic) bond motifs is 1. The van der Waals surface area contributed by atoms with Gasteiger partial charge in [0.1, 0.15) is 6.61 Å². The smallest absolute Gasteiger partial charge is 0.253 e. The van der Waals surface area contributed by atoms with Crippen LogP contribution in [-0.4, -0.2) is 30.6 Å². The fraction of sp³-hybridized carbons (Fsp3) is 0.250. The van der Waals surface area contributed by atoms with Gasteiger partial charge in [-0.05, 0) is 22.0 Å². The van der Waals surface area contributed by atoms with Gasteiger partial charge in [-0.3, -0.25) is 4.79 Å². The molecule has 1 N–H and O–H groups in total. The van der Waals surface area contributed by atoms with Gasteiger partial charge < -0.3 is 14.6 Å². The minimum atomic E-state index is 0.00877. The number of aromatic amines is 1. The maximum Gasteiger partial charge on any atom is 0.253 e. The number of anilines is 1. The third-order valence-electron chi connectivity index (χ3n) is 2.92. The molecule has 0 spiro atoms. The molecular formula is C12H11BrN2O2. The summed E-state index contributed by atoms with van der Waals surface area (Å²) in [6, 6.07) is 5.93. The zero-order chi connectivity index (χ0) is 11.8. The van der Waals surface area contributed by atoms with Crippen molar-refractivity contribution in [2.24, 2.45) is 0 Å². The first-order valence-electron chi connectivity index (χ1n) is 5.41. The van der Waals surface area contributed by atoms with Crippen molar-refractivity contribution < 1.29 is 9.53 Å². The summed E-state index contributed by atoms with van der Waals surface area (Å²) >= 11 is 3.48. The van der Waals surface area contributed by atoms with Crippen molar-refractivity contribution in [2.45, 2.75) is 0 Å². The molecule has 88 valence electrons. The van der Waals surface area contributed by atoms with E-state index in [0.717, 1.165) is 21.1 Å². The van der Waals surface area contributed by atoms with Crippen molar-refractivity contribution >= 4 is 38.4 Å². The van der Waals surface area contributed by atoms with Gasteiger partial charge in [-0.15, -0.1) is 0 Å². The van der Waals surface area contributed by atoms with Crippen LogP contribution in [0.5, 0.6) is 0 Å². The maximum atomic E-state index is 11.8. The normalized spacial score (nSPS) is 16.8. The monoisotopic (exact) mass is 294 g/mol. The van der Waals surface area contributed by atoms with Crippen molar-refractivity contribution in [1.29, 1.82) is 0 Å². The van der Waals surface area contributed by atoms with Crippen molar-refractivity contribution in [3.8, 4) is 0 Å². The van der Waals surface area contributed by atoms with E-state index in [1.807, 2.05) is 24.4 Å². The van der Waals surface area contributed by atoms with Crippen LogP contribution in [0.2, 0.25) is 0 Å². The molecule has 2 aromatic rings. The Bertz CT molecular complexity index is 579. The van der Waals surface area contributed by atoms with E-state index in [2.05, 4.69) is 20.9 Å². The number of halogens is 1. The molecule has 1 amide bonds. The van der Waals surface area contributed by atoms with Crippen LogP contribution in [0.3, 0.4) is 0 Å². The van der Waals surface area contributed by atoms with Gasteiger partial charge in [-0.1, -0.05) is 12.1 Å². The van der Waals surface area contributed by atoms with E-state index in [1.165, 1.54) is 0 Å². The first kappa shape index (κ1) is 10.8. The fourth-order valence-electron chi connectivity index (χ4n) is 2.10. The number of benzene rings is 1. The van der Waals surface area contributed by atoms with Gasteiger partial charge in [0.25, 0.3) is 5.91 Å². The average molecular weight is 295 g/mol. The molecule has 0 radical (unpaired) electrons. The van der Waals surface area contributed by atoms with E-state index in [-0.39, 0.29) is 12.5 Å². The number of hydrogen-bond acceptors (Lipinski definition) is 2. The first-order valence-corrected chi connectivity index (χ1v) is 6.20. The standard InChI is InChI=1S/C12H11BrN2O2/c13-9-6-14-12-8(9)2-1-3-10(12)15-4-5-17-7-11(15)16/h1-3,6,14H,4-5,7H2. The Hall–Kier alpha value is -1.33. The lowest BCUT2D eigenvalue weighted by atomic mass is 10.2. The number of rotatable bonds is 1. The van der Waals surface area contributed by atoms with Gasteiger partial charge in [0.2, 0.25) is 0 Å². The minimum absolute atomic E-state index is 0.00877. The molecule has 4 nitrogen and oxygen atoms in total. The van der Waals surface area contributed by atoms with Gasteiger partial charge >= 0.3 is 0 Å². The quantitative estimate of drug-likeness (QED) is 0.877. The summed E-state index contributed by atoms with van der Waals surface area (Å²) < 4.78 is 6.15. The molecule has 0 unspecified atom stereocenters. The van der Waals surface area contributed by atoms with Crippen molar-refractivity contribution in [2.75, 3.05) is 24.7 Å². The molecule has 1 fully saturated rings. The van der Waals surface area contributed by atoms with Crippen LogP contribution in [0.25, 0.3) is 10.9 Å². The summed E-state index contributed by atoms with van der Waals surface area (Å²) in [7, 11) is 0. The molecule has 0 bridgehead atoms. The second-order valence-corrected chi connectivity index (χ2v) is 4.79. The highest BCUT2D eigenvalue weighted by Gasteiger charge is 2.22. The molecule has 5 heteroatoms. The van der Waals surface area contributed by atoms with E-state index >= 15 is 0 Å². The fourth-order valence-corrected chi connectivity index (χ4v) is 2.55. The number of nitrogens with zero attached hydrogens (tertiary/aromatic N) is 1. The summed E-state index contributed by atoms with van der Waals surface area (Å²) in [6.45, 7) is 1.36. The van der Waals surface area contributed by atoms with Crippen LogP contribution < -0.4 is 4.90 Å². The predicted molar refractivity (Wildman–Crippen MR) is 69.2 cm³/mol. The number of morpholine rings is 1. The van der Waals surface area contributed by atoms with Gasteiger partial charge in [-0.25, -0.2) is 0 Å². The van der Waals surface area contributed by atoms with Gasteiger partial charge in [0.15, 0.2) is 0 Å². The molecule has 0 aliphatic carbocycles.